The van der Waals surface area contributed by atoms with Crippen molar-refractivity contribution in [2.75, 3.05) is 13.1 Å². The first-order valence-electron chi connectivity index (χ1n) is 9.33. The summed E-state index contributed by atoms with van der Waals surface area (Å²) in [5.41, 5.74) is 2.56. The fourth-order valence-electron chi connectivity index (χ4n) is 3.78. The summed E-state index contributed by atoms with van der Waals surface area (Å²) in [5.74, 6) is 0.534. The number of nitrogens with one attached hydrogen (secondary N) is 1. The summed E-state index contributed by atoms with van der Waals surface area (Å²) in [6.07, 6.45) is 0.968. The zero-order valence-electron chi connectivity index (χ0n) is 16.7. The smallest absolute Gasteiger partial charge is 0.246 e. The Morgan fingerprint density at radius 1 is 1.18 bits per heavy atom. The minimum absolute atomic E-state index is 0.115. The molecule has 1 aromatic carbocycles. The number of sulfonamides is 1. The maximum absolute atomic E-state index is 13.1. The Balaban J connectivity index is 1.62. The van der Waals surface area contributed by atoms with E-state index in [0.29, 0.717) is 42.5 Å². The lowest BCUT2D eigenvalue weighted by molar-refractivity contribution is -0.126. The van der Waals surface area contributed by atoms with Crippen LogP contribution in [0.15, 0.2) is 21.6 Å². The Labute approximate surface area is 165 Å². The summed E-state index contributed by atoms with van der Waals surface area (Å²) < 4.78 is 32.7. The monoisotopic (exact) mass is 406 g/mol. The first kappa shape index (κ1) is 20.5. The largest absolute Gasteiger partial charge is 0.347 e. The Kier molecular flexibility index (Phi) is 5.85. The van der Waals surface area contributed by atoms with Gasteiger partial charge in [0.15, 0.2) is 5.82 Å². The molecule has 0 aliphatic carbocycles. The molecule has 1 amide bonds. The Hall–Kier alpha value is -2.26. The fraction of sp³-hybridized carbons (Fsp3) is 0.526. The predicted octanol–water partition coefficient (Wildman–Crippen LogP) is 2.02. The number of hydrogen-bond acceptors (Lipinski definition) is 6. The van der Waals surface area contributed by atoms with Crippen LogP contribution in [0.5, 0.6) is 0 Å². The summed E-state index contributed by atoms with van der Waals surface area (Å²) >= 11 is 0. The van der Waals surface area contributed by atoms with Crippen molar-refractivity contribution in [3.8, 4) is 0 Å². The molecular weight excluding hydrogens is 380 g/mol. The fourth-order valence-corrected chi connectivity index (χ4v) is 5.66. The van der Waals surface area contributed by atoms with Crippen LogP contribution in [0.1, 0.15) is 41.2 Å². The van der Waals surface area contributed by atoms with Crippen LogP contribution < -0.4 is 5.32 Å². The quantitative estimate of drug-likeness (QED) is 0.814. The van der Waals surface area contributed by atoms with Gasteiger partial charge in [-0.1, -0.05) is 22.9 Å². The van der Waals surface area contributed by atoms with Gasteiger partial charge in [0.05, 0.1) is 11.4 Å². The molecule has 1 fully saturated rings. The van der Waals surface area contributed by atoms with Crippen molar-refractivity contribution in [2.24, 2.45) is 5.92 Å². The van der Waals surface area contributed by atoms with Crippen LogP contribution in [0.2, 0.25) is 0 Å². The third-order valence-electron chi connectivity index (χ3n) is 5.01. The number of benzene rings is 1. The highest BCUT2D eigenvalue weighted by atomic mass is 32.2. The van der Waals surface area contributed by atoms with Crippen molar-refractivity contribution in [3.63, 3.8) is 0 Å². The molecule has 0 bridgehead atoms. The first-order valence-corrected chi connectivity index (χ1v) is 10.8. The standard InChI is InChI=1S/C19H26N4O4S/c1-12-9-13(2)18(14(3)10-12)28(25,26)23-7-5-16(6-8-23)19(24)20-11-17-21-15(4)22-27-17/h9-10,16H,5-8,11H2,1-4H3,(H,20,24). The molecule has 3 rings (SSSR count). The normalized spacial score (nSPS) is 16.3. The maximum Gasteiger partial charge on any atom is 0.246 e. The number of piperidine rings is 1. The van der Waals surface area contributed by atoms with Crippen LogP contribution in [0, 0.1) is 33.6 Å². The van der Waals surface area contributed by atoms with Crippen molar-refractivity contribution in [1.82, 2.24) is 19.8 Å². The van der Waals surface area contributed by atoms with Gasteiger partial charge >= 0.3 is 0 Å². The van der Waals surface area contributed by atoms with Gasteiger partial charge in [-0.05, 0) is 51.7 Å². The molecule has 0 saturated carbocycles. The summed E-state index contributed by atoms with van der Waals surface area (Å²) in [7, 11) is -3.57. The second kappa shape index (κ2) is 8.00. The van der Waals surface area contributed by atoms with Crippen LogP contribution in [0.25, 0.3) is 0 Å². The van der Waals surface area contributed by atoms with Crippen molar-refractivity contribution in [1.29, 1.82) is 0 Å². The average molecular weight is 407 g/mol. The van der Waals surface area contributed by atoms with Gasteiger partial charge in [-0.25, -0.2) is 8.42 Å². The van der Waals surface area contributed by atoms with Crippen LogP contribution in [0.4, 0.5) is 0 Å². The predicted molar refractivity (Wildman–Crippen MR) is 103 cm³/mol. The molecule has 1 N–H and O–H groups in total. The zero-order chi connectivity index (χ0) is 20.5. The molecule has 2 aromatic rings. The highest BCUT2D eigenvalue weighted by Gasteiger charge is 2.33. The minimum atomic E-state index is -3.57. The summed E-state index contributed by atoms with van der Waals surface area (Å²) in [5, 5.41) is 6.47. The number of nitrogens with zero attached hydrogens (tertiary/aromatic N) is 3. The topological polar surface area (TPSA) is 105 Å². The van der Waals surface area contributed by atoms with Gasteiger partial charge in [0.25, 0.3) is 0 Å². The van der Waals surface area contributed by atoms with Gasteiger partial charge in [0.2, 0.25) is 21.8 Å². The van der Waals surface area contributed by atoms with E-state index in [1.54, 1.807) is 6.92 Å². The number of rotatable bonds is 5. The molecule has 1 aliphatic rings. The van der Waals surface area contributed by atoms with Gasteiger partial charge in [-0.3, -0.25) is 4.79 Å². The van der Waals surface area contributed by atoms with Crippen molar-refractivity contribution in [3.05, 3.63) is 40.5 Å². The first-order chi connectivity index (χ1) is 13.2. The molecule has 0 spiro atoms. The number of hydrogen-bond donors (Lipinski definition) is 1. The van der Waals surface area contributed by atoms with E-state index in [-0.39, 0.29) is 18.4 Å². The Morgan fingerprint density at radius 3 is 2.32 bits per heavy atom. The second-order valence-electron chi connectivity index (χ2n) is 7.36. The molecule has 1 aromatic heterocycles. The molecule has 152 valence electrons. The highest BCUT2D eigenvalue weighted by Crippen LogP contribution is 2.28. The lowest BCUT2D eigenvalue weighted by Crippen LogP contribution is -2.43. The van der Waals surface area contributed by atoms with Crippen LogP contribution in [-0.4, -0.2) is 41.9 Å². The lowest BCUT2D eigenvalue weighted by atomic mass is 9.97. The Bertz CT molecular complexity index is 953. The number of amides is 1. The molecule has 8 nitrogen and oxygen atoms in total. The van der Waals surface area contributed by atoms with Crippen LogP contribution >= 0.6 is 0 Å². The molecule has 0 unspecified atom stereocenters. The van der Waals surface area contributed by atoms with Gasteiger partial charge < -0.3 is 9.84 Å². The number of aromatic nitrogens is 2. The van der Waals surface area contributed by atoms with Crippen LogP contribution in [0.3, 0.4) is 0 Å². The van der Waals surface area contributed by atoms with E-state index in [1.807, 2.05) is 32.9 Å². The molecular formula is C19H26N4O4S. The van der Waals surface area contributed by atoms with Gasteiger partial charge in [0, 0.05) is 19.0 Å². The third kappa shape index (κ3) is 4.25. The van der Waals surface area contributed by atoms with E-state index in [1.165, 1.54) is 4.31 Å². The highest BCUT2D eigenvalue weighted by molar-refractivity contribution is 7.89. The van der Waals surface area contributed by atoms with E-state index in [2.05, 4.69) is 15.5 Å². The zero-order valence-corrected chi connectivity index (χ0v) is 17.5. The van der Waals surface area contributed by atoms with E-state index in [4.69, 9.17) is 4.52 Å². The number of carbonyl (C=O) groups is 1. The molecule has 1 saturated heterocycles. The van der Waals surface area contributed by atoms with Crippen molar-refractivity contribution >= 4 is 15.9 Å². The molecule has 0 atom stereocenters. The maximum atomic E-state index is 13.1. The Morgan fingerprint density at radius 2 is 1.79 bits per heavy atom. The van der Waals surface area contributed by atoms with E-state index < -0.39 is 10.0 Å². The van der Waals surface area contributed by atoms with E-state index >= 15 is 0 Å². The molecule has 1 aliphatic heterocycles. The molecule has 2 heterocycles. The van der Waals surface area contributed by atoms with Crippen molar-refractivity contribution in [2.45, 2.75) is 52.0 Å². The molecule has 28 heavy (non-hydrogen) atoms. The second-order valence-corrected chi connectivity index (χ2v) is 9.23. The van der Waals surface area contributed by atoms with E-state index in [0.717, 1.165) is 16.7 Å². The number of carbonyl (C=O) groups excluding carboxylic acids is 1. The van der Waals surface area contributed by atoms with Gasteiger partial charge in [-0.2, -0.15) is 9.29 Å². The van der Waals surface area contributed by atoms with Crippen molar-refractivity contribution < 1.29 is 17.7 Å². The molecule has 9 heteroatoms. The third-order valence-corrected chi connectivity index (χ3v) is 7.22. The summed E-state index contributed by atoms with van der Waals surface area (Å²) in [6, 6.07) is 3.78. The average Bonchev–Trinajstić information content (AvgIpc) is 3.04. The SMILES string of the molecule is Cc1cc(C)c(S(=O)(=O)N2CCC(C(=O)NCc3nc(C)no3)CC2)c(C)c1. The summed E-state index contributed by atoms with van der Waals surface area (Å²) in [4.78, 5) is 16.8. The van der Waals surface area contributed by atoms with Gasteiger partial charge in [-0.15, -0.1) is 0 Å². The minimum Gasteiger partial charge on any atom is -0.347 e. The van der Waals surface area contributed by atoms with Crippen LogP contribution in [-0.2, 0) is 21.4 Å². The molecule has 0 radical (unpaired) electrons. The lowest BCUT2D eigenvalue weighted by Gasteiger charge is -2.31. The van der Waals surface area contributed by atoms with Gasteiger partial charge in [0.1, 0.15) is 0 Å². The van der Waals surface area contributed by atoms with E-state index in [9.17, 15) is 13.2 Å². The summed E-state index contributed by atoms with van der Waals surface area (Å²) in [6.45, 7) is 8.15. The number of aryl methyl sites for hydroxylation is 4.